The molecule has 0 fully saturated rings. The predicted molar refractivity (Wildman–Crippen MR) is 84.6 cm³/mol. The Morgan fingerprint density at radius 2 is 1.95 bits per heavy atom. The van der Waals surface area contributed by atoms with Crippen molar-refractivity contribution in [1.29, 1.82) is 0 Å². The van der Waals surface area contributed by atoms with Gasteiger partial charge in [0, 0.05) is 19.0 Å². The third-order valence-electron chi connectivity index (χ3n) is 3.38. The van der Waals surface area contributed by atoms with Crippen molar-refractivity contribution in [3.05, 3.63) is 40.9 Å². The number of rotatable bonds is 2. The maximum atomic E-state index is 12.6. The van der Waals surface area contributed by atoms with Crippen LogP contribution in [-0.2, 0) is 13.6 Å². The van der Waals surface area contributed by atoms with Crippen LogP contribution in [0.1, 0.15) is 13.8 Å². The van der Waals surface area contributed by atoms with Gasteiger partial charge in [-0.05, 0) is 12.0 Å². The van der Waals surface area contributed by atoms with Crippen molar-refractivity contribution < 1.29 is 0 Å². The fourth-order valence-corrected chi connectivity index (χ4v) is 2.60. The van der Waals surface area contributed by atoms with Crippen LogP contribution in [0.25, 0.3) is 21.9 Å². The fraction of sp³-hybridized carbons (Fsp3) is 0.333. The summed E-state index contributed by atoms with van der Waals surface area (Å²) in [6, 6.07) is 8.03. The molecule has 0 atom stereocenters. The zero-order valence-corrected chi connectivity index (χ0v) is 12.6. The van der Waals surface area contributed by atoms with E-state index in [1.54, 1.807) is 6.33 Å². The standard InChI is InChI=1S/C15H17N3O.ClH/c1-10(2)8-18-12-7-5-4-6-11(12)14-13(15(18)19)16-9-17(14)3;/h4-7,9-10H,8H2,1-3H3;1H. The molecule has 20 heavy (non-hydrogen) atoms. The van der Waals surface area contributed by atoms with E-state index < -0.39 is 0 Å². The number of nitrogens with zero attached hydrogens (tertiary/aromatic N) is 3. The minimum Gasteiger partial charge on any atom is -0.333 e. The maximum Gasteiger partial charge on any atom is 0.279 e. The maximum absolute atomic E-state index is 12.6. The molecule has 3 rings (SSSR count). The van der Waals surface area contributed by atoms with Crippen LogP contribution in [-0.4, -0.2) is 14.1 Å². The molecular formula is C15H18ClN3O. The van der Waals surface area contributed by atoms with E-state index in [1.807, 2.05) is 34.4 Å². The number of pyridine rings is 1. The van der Waals surface area contributed by atoms with Crippen molar-refractivity contribution in [2.45, 2.75) is 20.4 Å². The highest BCUT2D eigenvalue weighted by Gasteiger charge is 2.14. The van der Waals surface area contributed by atoms with E-state index in [1.165, 1.54) is 0 Å². The molecule has 4 nitrogen and oxygen atoms in total. The number of imidazole rings is 1. The number of para-hydroxylation sites is 1. The zero-order chi connectivity index (χ0) is 13.6. The summed E-state index contributed by atoms with van der Waals surface area (Å²) in [4.78, 5) is 16.8. The van der Waals surface area contributed by atoms with Crippen molar-refractivity contribution in [3.8, 4) is 0 Å². The van der Waals surface area contributed by atoms with Crippen molar-refractivity contribution in [2.24, 2.45) is 13.0 Å². The quantitative estimate of drug-likeness (QED) is 0.728. The Kier molecular flexibility index (Phi) is 3.86. The van der Waals surface area contributed by atoms with Crippen LogP contribution in [0.3, 0.4) is 0 Å². The Balaban J connectivity index is 0.00000147. The molecule has 5 heteroatoms. The molecule has 0 unspecified atom stereocenters. The minimum atomic E-state index is 0. The van der Waals surface area contributed by atoms with Crippen molar-refractivity contribution in [3.63, 3.8) is 0 Å². The van der Waals surface area contributed by atoms with Crippen LogP contribution in [0.5, 0.6) is 0 Å². The first kappa shape index (κ1) is 14.6. The summed E-state index contributed by atoms with van der Waals surface area (Å²) in [5, 5.41) is 1.08. The van der Waals surface area contributed by atoms with Gasteiger partial charge < -0.3 is 9.13 Å². The van der Waals surface area contributed by atoms with Crippen LogP contribution in [0.4, 0.5) is 0 Å². The molecule has 0 saturated heterocycles. The Bertz CT molecular complexity index is 817. The molecule has 0 saturated carbocycles. The molecule has 0 bridgehead atoms. The summed E-state index contributed by atoms with van der Waals surface area (Å²) in [5.41, 5.74) is 2.46. The van der Waals surface area contributed by atoms with Gasteiger partial charge in [0.05, 0.1) is 17.4 Å². The van der Waals surface area contributed by atoms with Gasteiger partial charge in [-0.2, -0.15) is 0 Å². The highest BCUT2D eigenvalue weighted by Crippen LogP contribution is 2.22. The number of benzene rings is 1. The summed E-state index contributed by atoms with van der Waals surface area (Å²) in [6.45, 7) is 4.94. The Morgan fingerprint density at radius 3 is 2.65 bits per heavy atom. The van der Waals surface area contributed by atoms with Crippen molar-refractivity contribution in [1.82, 2.24) is 14.1 Å². The number of hydrogen-bond donors (Lipinski definition) is 0. The van der Waals surface area contributed by atoms with E-state index in [0.29, 0.717) is 18.0 Å². The second-order valence-electron chi connectivity index (χ2n) is 5.38. The zero-order valence-electron chi connectivity index (χ0n) is 11.8. The van der Waals surface area contributed by atoms with Gasteiger partial charge >= 0.3 is 0 Å². The SMILES string of the molecule is CC(C)Cn1c(=O)c2ncn(C)c2c2ccccc21.Cl. The van der Waals surface area contributed by atoms with E-state index in [0.717, 1.165) is 16.4 Å². The number of hydrogen-bond acceptors (Lipinski definition) is 2. The summed E-state index contributed by atoms with van der Waals surface area (Å²) >= 11 is 0. The Labute approximate surface area is 123 Å². The molecule has 0 amide bonds. The second-order valence-corrected chi connectivity index (χ2v) is 5.38. The van der Waals surface area contributed by atoms with Crippen LogP contribution < -0.4 is 5.56 Å². The van der Waals surface area contributed by atoms with Crippen LogP contribution >= 0.6 is 12.4 Å². The van der Waals surface area contributed by atoms with Gasteiger partial charge in [-0.25, -0.2) is 4.98 Å². The second kappa shape index (κ2) is 5.29. The van der Waals surface area contributed by atoms with Crippen molar-refractivity contribution >= 4 is 34.3 Å². The summed E-state index contributed by atoms with van der Waals surface area (Å²) < 4.78 is 3.76. The molecule has 2 heterocycles. The number of aromatic nitrogens is 3. The lowest BCUT2D eigenvalue weighted by atomic mass is 10.1. The summed E-state index contributed by atoms with van der Waals surface area (Å²) in [5.74, 6) is 0.419. The average Bonchev–Trinajstić information content (AvgIpc) is 2.77. The summed E-state index contributed by atoms with van der Waals surface area (Å²) in [7, 11) is 1.92. The first-order valence-corrected chi connectivity index (χ1v) is 6.52. The monoisotopic (exact) mass is 291 g/mol. The highest BCUT2D eigenvalue weighted by molar-refractivity contribution is 6.02. The molecule has 0 aliphatic rings. The third kappa shape index (κ3) is 2.10. The van der Waals surface area contributed by atoms with Crippen LogP contribution in [0.15, 0.2) is 35.4 Å². The molecule has 3 aromatic rings. The number of halogens is 1. The van der Waals surface area contributed by atoms with Gasteiger partial charge in [0.25, 0.3) is 5.56 Å². The smallest absolute Gasteiger partial charge is 0.279 e. The molecule has 0 N–H and O–H groups in total. The topological polar surface area (TPSA) is 39.8 Å². The Morgan fingerprint density at radius 1 is 1.25 bits per heavy atom. The van der Waals surface area contributed by atoms with E-state index in [-0.39, 0.29) is 18.0 Å². The number of aryl methyl sites for hydroxylation is 1. The first-order valence-electron chi connectivity index (χ1n) is 6.52. The fourth-order valence-electron chi connectivity index (χ4n) is 2.60. The average molecular weight is 292 g/mol. The molecule has 106 valence electrons. The number of fused-ring (bicyclic) bond motifs is 3. The predicted octanol–water partition coefficient (Wildman–Crippen LogP) is 2.97. The normalized spacial score (nSPS) is 11.2. The molecule has 1 aromatic carbocycles. The van der Waals surface area contributed by atoms with E-state index in [4.69, 9.17) is 0 Å². The lowest BCUT2D eigenvalue weighted by molar-refractivity contribution is 0.525. The van der Waals surface area contributed by atoms with Crippen molar-refractivity contribution in [2.75, 3.05) is 0 Å². The molecule has 0 spiro atoms. The van der Waals surface area contributed by atoms with Gasteiger partial charge in [-0.1, -0.05) is 32.0 Å². The molecule has 2 aromatic heterocycles. The van der Waals surface area contributed by atoms with E-state index in [2.05, 4.69) is 24.9 Å². The van der Waals surface area contributed by atoms with E-state index in [9.17, 15) is 4.79 Å². The molecular weight excluding hydrogens is 274 g/mol. The van der Waals surface area contributed by atoms with Gasteiger partial charge in [-0.3, -0.25) is 4.79 Å². The van der Waals surface area contributed by atoms with E-state index >= 15 is 0 Å². The minimum absolute atomic E-state index is 0. The lowest BCUT2D eigenvalue weighted by Gasteiger charge is -2.13. The van der Waals surface area contributed by atoms with Gasteiger partial charge in [0.1, 0.15) is 0 Å². The van der Waals surface area contributed by atoms with Crippen LogP contribution in [0, 0.1) is 5.92 Å². The molecule has 0 aliphatic carbocycles. The third-order valence-corrected chi connectivity index (χ3v) is 3.38. The molecule has 0 aliphatic heterocycles. The van der Waals surface area contributed by atoms with Crippen LogP contribution in [0.2, 0.25) is 0 Å². The highest BCUT2D eigenvalue weighted by atomic mass is 35.5. The van der Waals surface area contributed by atoms with Gasteiger partial charge in [0.2, 0.25) is 0 Å². The first-order chi connectivity index (χ1) is 9.09. The molecule has 0 radical (unpaired) electrons. The summed E-state index contributed by atoms with van der Waals surface area (Å²) in [6.07, 6.45) is 1.71. The largest absolute Gasteiger partial charge is 0.333 e. The van der Waals surface area contributed by atoms with Gasteiger partial charge in [-0.15, -0.1) is 12.4 Å². The lowest BCUT2D eigenvalue weighted by Crippen LogP contribution is -2.23. The van der Waals surface area contributed by atoms with Gasteiger partial charge in [0.15, 0.2) is 5.52 Å². The Hall–Kier alpha value is -1.81.